The maximum atomic E-state index is 12.7. The van der Waals surface area contributed by atoms with E-state index in [1.165, 1.54) is 28.6 Å². The summed E-state index contributed by atoms with van der Waals surface area (Å²) in [6.07, 6.45) is 1.57. The Bertz CT molecular complexity index is 1130. The standard InChI is InChI=1S/C21H26N2O5S2/c1-16-14-17(2)21(18(3)15-16)8-13-29(24,25)22-19-4-6-20(7-5-19)30(26,27)23-9-11-28-12-10-23/h4-8,13-15,22H,9-12H2,1-3H3/b13-8+. The molecule has 9 heteroatoms. The monoisotopic (exact) mass is 450 g/mol. The van der Waals surface area contributed by atoms with Gasteiger partial charge in [-0.05, 0) is 67.8 Å². The molecule has 2 aromatic carbocycles. The van der Waals surface area contributed by atoms with Crippen LogP contribution in [0.25, 0.3) is 6.08 Å². The van der Waals surface area contributed by atoms with Crippen LogP contribution in [0.5, 0.6) is 0 Å². The topological polar surface area (TPSA) is 92.8 Å². The number of sulfonamides is 2. The van der Waals surface area contributed by atoms with E-state index in [2.05, 4.69) is 4.72 Å². The summed E-state index contributed by atoms with van der Waals surface area (Å²) >= 11 is 0. The predicted octanol–water partition coefficient (Wildman–Crippen LogP) is 3.05. The summed E-state index contributed by atoms with van der Waals surface area (Å²) in [6.45, 7) is 7.21. The van der Waals surface area contributed by atoms with Crippen LogP contribution in [0.1, 0.15) is 22.3 Å². The van der Waals surface area contributed by atoms with Crippen molar-refractivity contribution in [3.63, 3.8) is 0 Å². The Labute approximate surface area is 178 Å². The number of nitrogens with zero attached hydrogens (tertiary/aromatic N) is 1. The molecular weight excluding hydrogens is 424 g/mol. The van der Waals surface area contributed by atoms with Crippen molar-refractivity contribution in [2.75, 3.05) is 31.0 Å². The summed E-state index contributed by atoms with van der Waals surface area (Å²) in [5.74, 6) is 0. The van der Waals surface area contributed by atoms with E-state index >= 15 is 0 Å². The molecule has 1 aliphatic heterocycles. The Kier molecular flexibility index (Phi) is 6.66. The van der Waals surface area contributed by atoms with E-state index < -0.39 is 20.0 Å². The molecule has 30 heavy (non-hydrogen) atoms. The molecular formula is C21H26N2O5S2. The van der Waals surface area contributed by atoms with Gasteiger partial charge in [0.05, 0.1) is 23.5 Å². The Morgan fingerprint density at radius 3 is 2.07 bits per heavy atom. The third-order valence-electron chi connectivity index (χ3n) is 4.87. The van der Waals surface area contributed by atoms with Crippen LogP contribution >= 0.6 is 0 Å². The normalized spacial score (nSPS) is 16.1. The summed E-state index contributed by atoms with van der Waals surface area (Å²) in [6, 6.07) is 9.70. The van der Waals surface area contributed by atoms with Crippen molar-refractivity contribution in [2.45, 2.75) is 25.7 Å². The Morgan fingerprint density at radius 1 is 0.933 bits per heavy atom. The minimum atomic E-state index is -3.75. The molecule has 1 N–H and O–H groups in total. The number of morpholine rings is 1. The average molecular weight is 451 g/mol. The second-order valence-electron chi connectivity index (χ2n) is 7.30. The predicted molar refractivity (Wildman–Crippen MR) is 118 cm³/mol. The first-order valence-corrected chi connectivity index (χ1v) is 12.5. The zero-order valence-corrected chi connectivity index (χ0v) is 18.9. The highest BCUT2D eigenvalue weighted by molar-refractivity contribution is 7.95. The highest BCUT2D eigenvalue weighted by atomic mass is 32.2. The fourth-order valence-corrected chi connectivity index (χ4v) is 5.70. The Hall–Kier alpha value is -2.20. The fourth-order valence-electron chi connectivity index (χ4n) is 3.44. The van der Waals surface area contributed by atoms with Gasteiger partial charge in [0.25, 0.3) is 10.0 Å². The number of hydrogen-bond acceptors (Lipinski definition) is 5. The van der Waals surface area contributed by atoms with E-state index in [9.17, 15) is 16.8 Å². The van der Waals surface area contributed by atoms with Gasteiger partial charge in [-0.1, -0.05) is 17.7 Å². The molecule has 0 aliphatic carbocycles. The van der Waals surface area contributed by atoms with E-state index in [0.29, 0.717) is 26.3 Å². The van der Waals surface area contributed by atoms with Gasteiger partial charge in [-0.3, -0.25) is 4.72 Å². The molecule has 1 aliphatic rings. The Morgan fingerprint density at radius 2 is 1.50 bits per heavy atom. The van der Waals surface area contributed by atoms with Gasteiger partial charge in [0, 0.05) is 18.8 Å². The van der Waals surface area contributed by atoms with Crippen LogP contribution in [-0.4, -0.2) is 47.4 Å². The molecule has 0 saturated carbocycles. The van der Waals surface area contributed by atoms with Crippen molar-refractivity contribution in [3.8, 4) is 0 Å². The molecule has 1 fully saturated rings. The van der Waals surface area contributed by atoms with Crippen molar-refractivity contribution in [1.82, 2.24) is 4.31 Å². The molecule has 0 amide bonds. The second-order valence-corrected chi connectivity index (χ2v) is 10.8. The van der Waals surface area contributed by atoms with Crippen molar-refractivity contribution < 1.29 is 21.6 Å². The highest BCUT2D eigenvalue weighted by Crippen LogP contribution is 2.21. The number of aryl methyl sites for hydroxylation is 3. The van der Waals surface area contributed by atoms with E-state index in [1.54, 1.807) is 6.08 Å². The molecule has 0 atom stereocenters. The minimum absolute atomic E-state index is 0.119. The number of rotatable bonds is 6. The second kappa shape index (κ2) is 8.89. The molecule has 0 aromatic heterocycles. The van der Waals surface area contributed by atoms with Crippen molar-refractivity contribution >= 4 is 31.8 Å². The number of benzene rings is 2. The third-order valence-corrected chi connectivity index (χ3v) is 7.80. The van der Waals surface area contributed by atoms with Crippen LogP contribution in [-0.2, 0) is 24.8 Å². The number of hydrogen-bond donors (Lipinski definition) is 1. The van der Waals surface area contributed by atoms with E-state index in [1.807, 2.05) is 32.9 Å². The zero-order chi connectivity index (χ0) is 21.9. The molecule has 162 valence electrons. The molecule has 3 rings (SSSR count). The van der Waals surface area contributed by atoms with E-state index in [0.717, 1.165) is 27.7 Å². The largest absolute Gasteiger partial charge is 0.379 e. The fraction of sp³-hybridized carbons (Fsp3) is 0.333. The lowest BCUT2D eigenvalue weighted by atomic mass is 10.0. The minimum Gasteiger partial charge on any atom is -0.379 e. The van der Waals surface area contributed by atoms with Gasteiger partial charge >= 0.3 is 0 Å². The van der Waals surface area contributed by atoms with Crippen LogP contribution in [0, 0.1) is 20.8 Å². The van der Waals surface area contributed by atoms with Crippen LogP contribution in [0.15, 0.2) is 46.7 Å². The first kappa shape index (κ1) is 22.5. The molecule has 0 unspecified atom stereocenters. The van der Waals surface area contributed by atoms with Crippen molar-refractivity contribution in [2.24, 2.45) is 0 Å². The first-order valence-electron chi connectivity index (χ1n) is 9.55. The lowest BCUT2D eigenvalue weighted by molar-refractivity contribution is 0.0730. The van der Waals surface area contributed by atoms with E-state index in [4.69, 9.17) is 4.74 Å². The average Bonchev–Trinajstić information content (AvgIpc) is 2.68. The van der Waals surface area contributed by atoms with Gasteiger partial charge in [0.1, 0.15) is 0 Å². The third kappa shape index (κ3) is 5.28. The molecule has 2 aromatic rings. The lowest BCUT2D eigenvalue weighted by Crippen LogP contribution is -2.40. The quantitative estimate of drug-likeness (QED) is 0.730. The summed E-state index contributed by atoms with van der Waals surface area (Å²) in [5.41, 5.74) is 4.26. The van der Waals surface area contributed by atoms with Gasteiger partial charge in [-0.15, -0.1) is 0 Å². The lowest BCUT2D eigenvalue weighted by Gasteiger charge is -2.26. The molecule has 0 bridgehead atoms. The number of ether oxygens (including phenoxy) is 1. The molecule has 1 saturated heterocycles. The Balaban J connectivity index is 1.74. The van der Waals surface area contributed by atoms with Crippen LogP contribution in [0.4, 0.5) is 5.69 Å². The summed E-state index contributed by atoms with van der Waals surface area (Å²) < 4.78 is 59.2. The zero-order valence-electron chi connectivity index (χ0n) is 17.3. The van der Waals surface area contributed by atoms with Gasteiger partial charge in [-0.2, -0.15) is 4.31 Å². The van der Waals surface area contributed by atoms with Gasteiger partial charge in [0.15, 0.2) is 0 Å². The SMILES string of the molecule is Cc1cc(C)c(/C=C/S(=O)(=O)Nc2ccc(S(=O)(=O)N3CCOCC3)cc2)c(C)c1. The smallest absolute Gasteiger partial charge is 0.255 e. The molecule has 0 spiro atoms. The van der Waals surface area contributed by atoms with Crippen LogP contribution < -0.4 is 4.72 Å². The molecule has 7 nitrogen and oxygen atoms in total. The molecule has 0 radical (unpaired) electrons. The van der Waals surface area contributed by atoms with Gasteiger partial charge in [-0.25, -0.2) is 16.8 Å². The summed E-state index contributed by atoms with van der Waals surface area (Å²) in [7, 11) is -7.37. The first-order chi connectivity index (χ1) is 14.1. The summed E-state index contributed by atoms with van der Waals surface area (Å²) in [4.78, 5) is 0.119. The van der Waals surface area contributed by atoms with Gasteiger partial charge < -0.3 is 4.74 Å². The van der Waals surface area contributed by atoms with Gasteiger partial charge in [0.2, 0.25) is 10.0 Å². The maximum Gasteiger partial charge on any atom is 0.255 e. The number of anilines is 1. The van der Waals surface area contributed by atoms with E-state index in [-0.39, 0.29) is 10.6 Å². The van der Waals surface area contributed by atoms with Crippen LogP contribution in [0.2, 0.25) is 0 Å². The number of nitrogens with one attached hydrogen (secondary N) is 1. The molecule has 1 heterocycles. The van der Waals surface area contributed by atoms with Crippen molar-refractivity contribution in [1.29, 1.82) is 0 Å². The van der Waals surface area contributed by atoms with Crippen LogP contribution in [0.3, 0.4) is 0 Å². The maximum absolute atomic E-state index is 12.7. The highest BCUT2D eigenvalue weighted by Gasteiger charge is 2.26. The summed E-state index contributed by atoms with van der Waals surface area (Å²) in [5, 5.41) is 1.12. The van der Waals surface area contributed by atoms with Crippen molar-refractivity contribution in [3.05, 3.63) is 64.1 Å².